The van der Waals surface area contributed by atoms with Crippen molar-refractivity contribution in [3.05, 3.63) is 29.6 Å². The highest BCUT2D eigenvalue weighted by molar-refractivity contribution is 9.08. The minimum atomic E-state index is -0.112. The first-order valence-corrected chi connectivity index (χ1v) is 6.95. The van der Waals surface area contributed by atoms with Crippen LogP contribution in [0, 0.1) is 5.82 Å². The maximum atomic E-state index is 13.9. The average Bonchev–Trinajstić information content (AvgIpc) is 2.28. The van der Waals surface area contributed by atoms with E-state index in [-0.39, 0.29) is 5.82 Å². The molecular weight excluding hydrogens is 269 g/mol. The minimum Gasteiger partial charge on any atom is -0.369 e. The molecule has 0 aliphatic heterocycles. The number of hydrogen-bond donors (Lipinski definition) is 0. The van der Waals surface area contributed by atoms with Gasteiger partial charge >= 0.3 is 0 Å². The molecule has 0 atom stereocenters. The summed E-state index contributed by atoms with van der Waals surface area (Å²) in [6.07, 6.45) is 2.08. The number of rotatable bonds is 6. The number of para-hydroxylation sites is 1. The zero-order valence-electron chi connectivity index (χ0n) is 9.97. The van der Waals surface area contributed by atoms with E-state index in [4.69, 9.17) is 0 Å². The summed E-state index contributed by atoms with van der Waals surface area (Å²) < 4.78 is 13.9. The van der Waals surface area contributed by atoms with Crippen LogP contribution in [0.2, 0.25) is 0 Å². The molecule has 1 aromatic rings. The van der Waals surface area contributed by atoms with Crippen LogP contribution in [0.5, 0.6) is 0 Å². The molecule has 0 bridgehead atoms. The quantitative estimate of drug-likeness (QED) is 0.703. The van der Waals surface area contributed by atoms with Gasteiger partial charge in [0.25, 0.3) is 0 Å². The topological polar surface area (TPSA) is 3.24 Å². The fourth-order valence-electron chi connectivity index (χ4n) is 1.90. The van der Waals surface area contributed by atoms with Gasteiger partial charge in [0.2, 0.25) is 0 Å². The van der Waals surface area contributed by atoms with Crippen LogP contribution in [0.1, 0.15) is 32.3 Å². The van der Waals surface area contributed by atoms with Gasteiger partial charge in [0.15, 0.2) is 0 Å². The van der Waals surface area contributed by atoms with Crippen molar-refractivity contribution in [2.75, 3.05) is 18.0 Å². The van der Waals surface area contributed by atoms with Gasteiger partial charge in [-0.2, -0.15) is 0 Å². The average molecular weight is 288 g/mol. The smallest absolute Gasteiger partial charge is 0.146 e. The molecule has 0 aliphatic carbocycles. The molecule has 1 nitrogen and oxygen atoms in total. The predicted octanol–water partition coefficient (Wildman–Crippen LogP) is 4.35. The van der Waals surface area contributed by atoms with E-state index in [1.807, 2.05) is 6.07 Å². The van der Waals surface area contributed by atoms with Crippen LogP contribution in [-0.4, -0.2) is 13.1 Å². The van der Waals surface area contributed by atoms with Gasteiger partial charge in [-0.1, -0.05) is 41.9 Å². The van der Waals surface area contributed by atoms with Gasteiger partial charge in [-0.05, 0) is 24.5 Å². The first-order chi connectivity index (χ1) is 7.74. The fourth-order valence-corrected chi connectivity index (χ4v) is 2.35. The Labute approximate surface area is 106 Å². The van der Waals surface area contributed by atoms with Gasteiger partial charge in [0, 0.05) is 18.4 Å². The molecule has 0 radical (unpaired) electrons. The second kappa shape index (κ2) is 6.89. The molecule has 0 N–H and O–H groups in total. The molecule has 0 aromatic heterocycles. The highest BCUT2D eigenvalue weighted by Gasteiger charge is 2.13. The predicted molar refractivity (Wildman–Crippen MR) is 71.8 cm³/mol. The molecular formula is C13H19BrFN. The lowest BCUT2D eigenvalue weighted by molar-refractivity contribution is 0.611. The number of halogens is 2. The van der Waals surface area contributed by atoms with Gasteiger partial charge in [0.05, 0.1) is 5.69 Å². The Kier molecular flexibility index (Phi) is 5.81. The summed E-state index contributed by atoms with van der Waals surface area (Å²) in [5.41, 5.74) is 1.80. The molecule has 1 aromatic carbocycles. The number of benzene rings is 1. The maximum absolute atomic E-state index is 13.9. The Balaban J connectivity index is 3.05. The molecule has 0 amide bonds. The van der Waals surface area contributed by atoms with Crippen LogP contribution in [-0.2, 0) is 5.33 Å². The fraction of sp³-hybridized carbons (Fsp3) is 0.538. The molecule has 0 saturated carbocycles. The summed E-state index contributed by atoms with van der Waals surface area (Å²) >= 11 is 3.42. The molecule has 0 heterocycles. The van der Waals surface area contributed by atoms with Crippen LogP contribution in [0.15, 0.2) is 18.2 Å². The summed E-state index contributed by atoms with van der Waals surface area (Å²) in [5.74, 6) is -0.112. The van der Waals surface area contributed by atoms with E-state index < -0.39 is 0 Å². The van der Waals surface area contributed by atoms with Crippen molar-refractivity contribution in [1.29, 1.82) is 0 Å². The zero-order chi connectivity index (χ0) is 12.0. The lowest BCUT2D eigenvalue weighted by Crippen LogP contribution is -2.26. The Morgan fingerprint density at radius 3 is 2.31 bits per heavy atom. The monoisotopic (exact) mass is 287 g/mol. The summed E-state index contributed by atoms with van der Waals surface area (Å²) in [5, 5.41) is 0.698. The highest BCUT2D eigenvalue weighted by Crippen LogP contribution is 2.26. The van der Waals surface area contributed by atoms with Gasteiger partial charge in [-0.15, -0.1) is 0 Å². The Bertz CT molecular complexity index is 322. The number of anilines is 1. The van der Waals surface area contributed by atoms with Crippen molar-refractivity contribution in [2.45, 2.75) is 32.0 Å². The first kappa shape index (κ1) is 13.5. The molecule has 0 spiro atoms. The SMILES string of the molecule is CCCN(CCC)c1c(F)cccc1CBr. The second-order valence-electron chi connectivity index (χ2n) is 3.87. The van der Waals surface area contributed by atoms with Gasteiger partial charge < -0.3 is 4.90 Å². The van der Waals surface area contributed by atoms with E-state index in [0.717, 1.165) is 37.2 Å². The van der Waals surface area contributed by atoms with Crippen LogP contribution >= 0.6 is 15.9 Å². The van der Waals surface area contributed by atoms with Crippen LogP contribution < -0.4 is 4.90 Å². The minimum absolute atomic E-state index is 0.112. The zero-order valence-corrected chi connectivity index (χ0v) is 11.6. The third kappa shape index (κ3) is 3.21. The van der Waals surface area contributed by atoms with E-state index in [0.29, 0.717) is 5.33 Å². The molecule has 3 heteroatoms. The Hall–Kier alpha value is -0.570. The van der Waals surface area contributed by atoms with Gasteiger partial charge in [-0.25, -0.2) is 4.39 Å². The summed E-state index contributed by atoms with van der Waals surface area (Å²) in [7, 11) is 0. The van der Waals surface area contributed by atoms with Gasteiger partial charge in [0.1, 0.15) is 5.82 Å². The molecule has 1 rings (SSSR count). The summed E-state index contributed by atoms with van der Waals surface area (Å²) in [6.45, 7) is 6.07. The highest BCUT2D eigenvalue weighted by atomic mass is 79.9. The van der Waals surface area contributed by atoms with E-state index in [1.165, 1.54) is 0 Å². The van der Waals surface area contributed by atoms with E-state index >= 15 is 0 Å². The van der Waals surface area contributed by atoms with E-state index in [9.17, 15) is 4.39 Å². The number of nitrogens with zero attached hydrogens (tertiary/aromatic N) is 1. The first-order valence-electron chi connectivity index (χ1n) is 5.82. The van der Waals surface area contributed by atoms with Crippen LogP contribution in [0.4, 0.5) is 10.1 Å². The molecule has 16 heavy (non-hydrogen) atoms. The molecule has 0 fully saturated rings. The van der Waals surface area contributed by atoms with Gasteiger partial charge in [-0.3, -0.25) is 0 Å². The Morgan fingerprint density at radius 1 is 1.19 bits per heavy atom. The summed E-state index contributed by atoms with van der Waals surface area (Å²) in [6, 6.07) is 5.29. The number of hydrogen-bond acceptors (Lipinski definition) is 1. The third-order valence-corrected chi connectivity index (χ3v) is 3.12. The molecule has 90 valence electrons. The van der Waals surface area contributed by atoms with Crippen molar-refractivity contribution in [3.63, 3.8) is 0 Å². The normalized spacial score (nSPS) is 10.5. The lowest BCUT2D eigenvalue weighted by atomic mass is 10.1. The molecule has 0 saturated heterocycles. The standard InChI is InChI=1S/C13H19BrFN/c1-3-8-16(9-4-2)13-11(10-14)6-5-7-12(13)15/h5-7H,3-4,8-10H2,1-2H3. The molecule has 0 aliphatic rings. The van der Waals surface area contributed by atoms with E-state index in [1.54, 1.807) is 12.1 Å². The van der Waals surface area contributed by atoms with Crippen LogP contribution in [0.3, 0.4) is 0 Å². The van der Waals surface area contributed by atoms with Crippen molar-refractivity contribution < 1.29 is 4.39 Å². The van der Waals surface area contributed by atoms with Crippen molar-refractivity contribution in [3.8, 4) is 0 Å². The Morgan fingerprint density at radius 2 is 1.81 bits per heavy atom. The van der Waals surface area contributed by atoms with Crippen molar-refractivity contribution >= 4 is 21.6 Å². The second-order valence-corrected chi connectivity index (χ2v) is 4.43. The van der Waals surface area contributed by atoms with Crippen LogP contribution in [0.25, 0.3) is 0 Å². The van der Waals surface area contributed by atoms with Crippen molar-refractivity contribution in [1.82, 2.24) is 0 Å². The maximum Gasteiger partial charge on any atom is 0.146 e. The number of alkyl halides is 1. The van der Waals surface area contributed by atoms with Crippen molar-refractivity contribution in [2.24, 2.45) is 0 Å². The molecule has 0 unspecified atom stereocenters. The summed E-state index contributed by atoms with van der Waals surface area (Å²) in [4.78, 5) is 2.14. The largest absolute Gasteiger partial charge is 0.369 e. The lowest BCUT2D eigenvalue weighted by Gasteiger charge is -2.26. The third-order valence-electron chi connectivity index (χ3n) is 2.52. The van der Waals surface area contributed by atoms with E-state index in [2.05, 4.69) is 34.7 Å².